The lowest BCUT2D eigenvalue weighted by Crippen LogP contribution is -2.18. The third-order valence-corrected chi connectivity index (χ3v) is 6.43. The summed E-state index contributed by atoms with van der Waals surface area (Å²) in [5.74, 6) is -2.27. The largest absolute Gasteiger partial charge is 0.496 e. The van der Waals surface area contributed by atoms with Crippen molar-refractivity contribution >= 4 is 45.4 Å². The molecular weight excluding hydrogens is 544 g/mol. The van der Waals surface area contributed by atoms with Crippen LogP contribution in [0.25, 0.3) is 10.8 Å². The molecule has 1 aliphatic rings. The molecule has 0 fully saturated rings. The molecule has 0 atom stereocenters. The van der Waals surface area contributed by atoms with Crippen LogP contribution in [0.4, 0.5) is 22.7 Å². The Kier molecular flexibility index (Phi) is 6.38. The molecule has 41 heavy (non-hydrogen) atoms. The van der Waals surface area contributed by atoms with E-state index in [9.17, 15) is 45.0 Å². The maximum Gasteiger partial charge on any atom is 0.337 e. The molecule has 1 aliphatic heterocycles. The predicted octanol–water partition coefficient (Wildman–Crippen LogP) is 5.22. The molecule has 0 spiro atoms. The number of benzene rings is 4. The number of non-ortho nitro benzene ring substituents is 3. The van der Waals surface area contributed by atoms with Crippen LogP contribution < -0.4 is 14.8 Å². The van der Waals surface area contributed by atoms with Gasteiger partial charge in [0.1, 0.15) is 17.2 Å². The van der Waals surface area contributed by atoms with Gasteiger partial charge in [0.05, 0.1) is 50.1 Å². The fraction of sp³-hybridized carbons (Fsp3) is 0.0769. The molecule has 206 valence electrons. The van der Waals surface area contributed by atoms with Crippen LogP contribution in [0.2, 0.25) is 0 Å². The highest BCUT2D eigenvalue weighted by molar-refractivity contribution is 6.20. The van der Waals surface area contributed by atoms with Gasteiger partial charge in [-0.3, -0.25) is 35.1 Å². The van der Waals surface area contributed by atoms with Crippen LogP contribution in [-0.4, -0.2) is 38.9 Å². The number of carbonyl (C=O) groups is 2. The zero-order chi connectivity index (χ0) is 29.6. The Balaban J connectivity index is 1.76. The van der Waals surface area contributed by atoms with Crippen molar-refractivity contribution in [3.63, 3.8) is 0 Å². The molecule has 0 unspecified atom stereocenters. The molecule has 15 heteroatoms. The van der Waals surface area contributed by atoms with Gasteiger partial charge in [-0.05, 0) is 11.6 Å². The third-order valence-electron chi connectivity index (χ3n) is 6.43. The summed E-state index contributed by atoms with van der Waals surface area (Å²) in [5, 5.41) is 46.8. The number of carboxylic acid groups (broad SMARTS) is 1. The smallest absolute Gasteiger partial charge is 0.337 e. The van der Waals surface area contributed by atoms with E-state index < -0.39 is 60.5 Å². The molecule has 0 saturated heterocycles. The zero-order valence-electron chi connectivity index (χ0n) is 20.8. The number of amides is 1. The van der Waals surface area contributed by atoms with Crippen LogP contribution in [0.5, 0.6) is 17.2 Å². The number of hydrogen-bond donors (Lipinski definition) is 2. The van der Waals surface area contributed by atoms with Crippen LogP contribution in [0.3, 0.4) is 0 Å². The van der Waals surface area contributed by atoms with Crippen molar-refractivity contribution in [3.8, 4) is 17.2 Å². The monoisotopic (exact) mass is 560 g/mol. The number of rotatable bonds is 7. The first-order chi connectivity index (χ1) is 19.5. The van der Waals surface area contributed by atoms with Gasteiger partial charge in [0.25, 0.3) is 23.0 Å². The number of fused-ring (bicyclic) bond motifs is 4. The van der Waals surface area contributed by atoms with Gasteiger partial charge in [0.2, 0.25) is 0 Å². The van der Waals surface area contributed by atoms with Gasteiger partial charge in [-0.1, -0.05) is 18.2 Å². The van der Waals surface area contributed by atoms with E-state index in [0.717, 1.165) is 18.2 Å². The van der Waals surface area contributed by atoms with Crippen molar-refractivity contribution in [3.05, 3.63) is 107 Å². The van der Waals surface area contributed by atoms with Crippen molar-refractivity contribution < 1.29 is 38.9 Å². The Morgan fingerprint density at radius 1 is 0.902 bits per heavy atom. The number of carboxylic acids is 1. The van der Waals surface area contributed by atoms with Crippen LogP contribution in [0, 0.1) is 30.3 Å². The van der Waals surface area contributed by atoms with E-state index in [0.29, 0.717) is 22.9 Å². The average molecular weight is 560 g/mol. The fourth-order valence-electron chi connectivity index (χ4n) is 4.73. The minimum atomic E-state index is -1.63. The summed E-state index contributed by atoms with van der Waals surface area (Å²) in [6, 6.07) is 11.4. The van der Waals surface area contributed by atoms with Gasteiger partial charge in [-0.15, -0.1) is 0 Å². The number of carbonyl (C=O) groups excluding carboxylic acids is 1. The van der Waals surface area contributed by atoms with Crippen molar-refractivity contribution in [2.75, 3.05) is 12.4 Å². The normalized spacial score (nSPS) is 11.5. The second kappa shape index (κ2) is 9.88. The van der Waals surface area contributed by atoms with Gasteiger partial charge < -0.3 is 19.9 Å². The predicted molar refractivity (Wildman–Crippen MR) is 141 cm³/mol. The lowest BCUT2D eigenvalue weighted by Gasteiger charge is -2.24. The number of aromatic carboxylic acids is 1. The van der Waals surface area contributed by atoms with E-state index in [1.807, 2.05) is 0 Å². The maximum atomic E-state index is 13.4. The summed E-state index contributed by atoms with van der Waals surface area (Å²) < 4.78 is 11.3. The highest BCUT2D eigenvalue weighted by Crippen LogP contribution is 2.48. The van der Waals surface area contributed by atoms with Crippen LogP contribution in [0.15, 0.2) is 54.6 Å². The van der Waals surface area contributed by atoms with Crippen molar-refractivity contribution in [1.29, 1.82) is 0 Å². The first-order valence-corrected chi connectivity index (χ1v) is 11.6. The number of ether oxygens (including phenoxy) is 2. The molecule has 4 aromatic carbocycles. The topological polar surface area (TPSA) is 214 Å². The zero-order valence-corrected chi connectivity index (χ0v) is 20.8. The number of para-hydroxylation sites is 1. The highest BCUT2D eigenvalue weighted by atomic mass is 16.6. The molecular formula is C26H16N4O11. The van der Waals surface area contributed by atoms with E-state index in [1.54, 1.807) is 24.3 Å². The molecule has 2 N–H and O–H groups in total. The van der Waals surface area contributed by atoms with Crippen molar-refractivity contribution in [2.24, 2.45) is 0 Å². The van der Waals surface area contributed by atoms with Gasteiger partial charge >= 0.3 is 5.97 Å². The molecule has 0 aliphatic carbocycles. The van der Waals surface area contributed by atoms with Crippen LogP contribution in [-0.2, 0) is 6.42 Å². The van der Waals surface area contributed by atoms with E-state index in [4.69, 9.17) is 9.47 Å². The Labute approximate surface area is 228 Å². The molecule has 0 bridgehead atoms. The highest BCUT2D eigenvalue weighted by Gasteiger charge is 2.34. The number of methoxy groups -OCH3 is 1. The maximum absolute atomic E-state index is 13.4. The molecule has 0 radical (unpaired) electrons. The number of nitrogens with zero attached hydrogens (tertiary/aromatic N) is 3. The summed E-state index contributed by atoms with van der Waals surface area (Å²) in [5.41, 5.74) is -2.81. The minimum Gasteiger partial charge on any atom is -0.496 e. The van der Waals surface area contributed by atoms with Gasteiger partial charge in [-0.2, -0.15) is 0 Å². The quantitative estimate of drug-likeness (QED) is 0.194. The Bertz CT molecular complexity index is 1820. The fourth-order valence-corrected chi connectivity index (χ4v) is 4.73. The third kappa shape index (κ3) is 4.56. The van der Waals surface area contributed by atoms with E-state index >= 15 is 0 Å². The van der Waals surface area contributed by atoms with Gasteiger partial charge in [0, 0.05) is 41.6 Å². The Morgan fingerprint density at radius 3 is 2.15 bits per heavy atom. The van der Waals surface area contributed by atoms with E-state index in [2.05, 4.69) is 5.32 Å². The first kappa shape index (κ1) is 26.5. The second-order valence-corrected chi connectivity index (χ2v) is 8.78. The van der Waals surface area contributed by atoms with Crippen LogP contribution >= 0.6 is 0 Å². The summed E-state index contributed by atoms with van der Waals surface area (Å²) >= 11 is 0. The Morgan fingerprint density at radius 2 is 1.56 bits per heavy atom. The van der Waals surface area contributed by atoms with Gasteiger partial charge in [0.15, 0.2) is 0 Å². The first-order valence-electron chi connectivity index (χ1n) is 11.6. The van der Waals surface area contributed by atoms with E-state index in [-0.39, 0.29) is 28.7 Å². The Hall–Kier alpha value is -6.12. The number of nitro benzene ring substituents is 3. The molecule has 1 amide bonds. The molecule has 0 saturated carbocycles. The van der Waals surface area contributed by atoms with Crippen molar-refractivity contribution in [2.45, 2.75) is 6.42 Å². The standard InChI is InChI=1S/C26H16N4O11/c1-40-21-11-20-16(6-12-4-2-3-5-19(12)41-20)22-18(30(38)39)10-17(23(24(21)22)26(32)33)25(31)27-13-7-14(28(34)35)9-15(8-13)29(36)37/h2-5,7-11H,6H2,1H3,(H,27,31)(H,32,33). The van der Waals surface area contributed by atoms with Gasteiger partial charge in [-0.25, -0.2) is 4.79 Å². The molecule has 5 rings (SSSR count). The second-order valence-electron chi connectivity index (χ2n) is 8.78. The molecule has 4 aromatic rings. The summed E-state index contributed by atoms with van der Waals surface area (Å²) in [4.78, 5) is 58.1. The number of nitro groups is 3. The summed E-state index contributed by atoms with van der Waals surface area (Å²) in [6.45, 7) is 0. The number of nitrogens with one attached hydrogen (secondary N) is 1. The lowest BCUT2D eigenvalue weighted by molar-refractivity contribution is -0.394. The van der Waals surface area contributed by atoms with Crippen LogP contribution in [0.1, 0.15) is 31.8 Å². The number of hydrogen-bond acceptors (Lipinski definition) is 10. The number of anilines is 1. The van der Waals surface area contributed by atoms with Crippen molar-refractivity contribution in [1.82, 2.24) is 0 Å². The summed E-state index contributed by atoms with van der Waals surface area (Å²) in [6.07, 6.45) is 0.148. The average Bonchev–Trinajstić information content (AvgIpc) is 2.94. The van der Waals surface area contributed by atoms with E-state index in [1.165, 1.54) is 13.2 Å². The molecule has 15 nitrogen and oxygen atoms in total. The SMILES string of the molecule is COc1cc2c(c3c([N+](=O)[O-])cc(C(=O)Nc4cc([N+](=O)[O-])cc([N+](=O)[O-])c4)c(C(=O)O)c13)Cc1ccccc1O2. The lowest BCUT2D eigenvalue weighted by atomic mass is 9.89. The summed E-state index contributed by atoms with van der Waals surface area (Å²) in [7, 11) is 1.21. The molecule has 1 heterocycles. The molecule has 0 aromatic heterocycles. The minimum absolute atomic E-state index is 0.112.